The molecule has 1 N–H and O–H groups in total. The average Bonchev–Trinajstić information content (AvgIpc) is 2.44. The van der Waals surface area contributed by atoms with Gasteiger partial charge < -0.3 is 10.1 Å². The van der Waals surface area contributed by atoms with Crippen LogP contribution < -0.4 is 5.32 Å². The minimum Gasteiger partial charge on any atom is -0.376 e. The highest BCUT2D eigenvalue weighted by Gasteiger charge is 2.05. The zero-order chi connectivity index (χ0) is 14.8. The molecule has 0 amide bonds. The Morgan fingerprint density at radius 2 is 1.85 bits per heavy atom. The molecular weight excluding hydrogens is 246 g/mol. The predicted octanol–water partition coefficient (Wildman–Crippen LogP) is 4.13. The lowest BCUT2D eigenvalue weighted by Gasteiger charge is -2.15. The molecule has 0 heterocycles. The first-order valence-electron chi connectivity index (χ1n) is 7.61. The van der Waals surface area contributed by atoms with Crippen LogP contribution in [0.4, 0.5) is 0 Å². The summed E-state index contributed by atoms with van der Waals surface area (Å²) in [5.41, 5.74) is 2.62. The predicted molar refractivity (Wildman–Crippen MR) is 87.0 cm³/mol. The van der Waals surface area contributed by atoms with Crippen molar-refractivity contribution in [2.75, 3.05) is 19.7 Å². The van der Waals surface area contributed by atoms with Crippen molar-refractivity contribution in [3.63, 3.8) is 0 Å². The van der Waals surface area contributed by atoms with Crippen molar-refractivity contribution in [1.82, 2.24) is 5.32 Å². The summed E-state index contributed by atoms with van der Waals surface area (Å²) in [4.78, 5) is 0. The molecule has 0 fully saturated rings. The Bertz CT molecular complexity index is 370. The normalized spacial score (nSPS) is 12.6. The number of benzene rings is 1. The van der Waals surface area contributed by atoms with E-state index in [4.69, 9.17) is 4.74 Å². The van der Waals surface area contributed by atoms with Crippen LogP contribution in [-0.4, -0.2) is 19.7 Å². The molecule has 2 nitrogen and oxygen atoms in total. The number of nitrogens with one attached hydrogen (secondary N) is 1. The molecule has 1 aromatic rings. The standard InChI is InChI=1S/C18H29NO/c1-5-6-11-20-14-17-7-9-18(10-8-17)16(4)13-19-12-15(2)3/h5,7-10,15-16,19H,1,6,11-14H2,2-4H3. The van der Waals surface area contributed by atoms with Gasteiger partial charge in [-0.15, -0.1) is 6.58 Å². The van der Waals surface area contributed by atoms with E-state index in [2.05, 4.69) is 56.9 Å². The summed E-state index contributed by atoms with van der Waals surface area (Å²) in [6.45, 7) is 14.0. The molecule has 2 heteroatoms. The first-order chi connectivity index (χ1) is 9.63. The Labute approximate surface area is 124 Å². The fourth-order valence-electron chi connectivity index (χ4n) is 2.01. The van der Waals surface area contributed by atoms with Crippen molar-refractivity contribution in [2.45, 2.75) is 39.7 Å². The first kappa shape index (κ1) is 16.9. The van der Waals surface area contributed by atoms with E-state index in [1.54, 1.807) is 0 Å². The molecule has 0 aliphatic carbocycles. The molecule has 0 aliphatic heterocycles. The summed E-state index contributed by atoms with van der Waals surface area (Å²) in [6.07, 6.45) is 2.80. The summed E-state index contributed by atoms with van der Waals surface area (Å²) >= 11 is 0. The van der Waals surface area contributed by atoms with Crippen molar-refractivity contribution >= 4 is 0 Å². The van der Waals surface area contributed by atoms with Gasteiger partial charge in [0.05, 0.1) is 13.2 Å². The highest BCUT2D eigenvalue weighted by molar-refractivity contribution is 5.24. The van der Waals surface area contributed by atoms with Gasteiger partial charge in [0.2, 0.25) is 0 Å². The zero-order valence-corrected chi connectivity index (χ0v) is 13.2. The summed E-state index contributed by atoms with van der Waals surface area (Å²) < 4.78 is 5.57. The van der Waals surface area contributed by atoms with Crippen LogP contribution in [0, 0.1) is 5.92 Å². The molecule has 20 heavy (non-hydrogen) atoms. The molecule has 0 aliphatic rings. The topological polar surface area (TPSA) is 21.3 Å². The van der Waals surface area contributed by atoms with Crippen LogP contribution >= 0.6 is 0 Å². The van der Waals surface area contributed by atoms with E-state index in [0.29, 0.717) is 18.4 Å². The van der Waals surface area contributed by atoms with Crippen LogP contribution in [0.1, 0.15) is 44.2 Å². The molecule has 0 spiro atoms. The summed E-state index contributed by atoms with van der Waals surface area (Å²) in [6, 6.07) is 8.77. The highest BCUT2D eigenvalue weighted by atomic mass is 16.5. The van der Waals surface area contributed by atoms with E-state index in [1.165, 1.54) is 11.1 Å². The maximum absolute atomic E-state index is 5.57. The lowest BCUT2D eigenvalue weighted by Crippen LogP contribution is -2.24. The van der Waals surface area contributed by atoms with Crippen LogP contribution in [-0.2, 0) is 11.3 Å². The van der Waals surface area contributed by atoms with Crippen LogP contribution in [0.2, 0.25) is 0 Å². The molecule has 0 saturated heterocycles. The van der Waals surface area contributed by atoms with Crippen molar-refractivity contribution < 1.29 is 4.74 Å². The van der Waals surface area contributed by atoms with Crippen LogP contribution in [0.15, 0.2) is 36.9 Å². The van der Waals surface area contributed by atoms with Crippen LogP contribution in [0.5, 0.6) is 0 Å². The fourth-order valence-corrected chi connectivity index (χ4v) is 2.01. The maximum atomic E-state index is 5.57. The summed E-state index contributed by atoms with van der Waals surface area (Å²) in [5.74, 6) is 1.25. The van der Waals surface area contributed by atoms with E-state index in [1.807, 2.05) is 6.08 Å². The molecule has 1 unspecified atom stereocenters. The molecular formula is C18H29NO. The highest BCUT2D eigenvalue weighted by Crippen LogP contribution is 2.15. The van der Waals surface area contributed by atoms with Gasteiger partial charge >= 0.3 is 0 Å². The first-order valence-corrected chi connectivity index (χ1v) is 7.61. The lowest BCUT2D eigenvalue weighted by molar-refractivity contribution is 0.125. The molecule has 1 rings (SSSR count). The average molecular weight is 275 g/mol. The fraction of sp³-hybridized carbons (Fsp3) is 0.556. The van der Waals surface area contributed by atoms with Crippen molar-refractivity contribution in [3.8, 4) is 0 Å². The van der Waals surface area contributed by atoms with Crippen molar-refractivity contribution in [2.24, 2.45) is 5.92 Å². The van der Waals surface area contributed by atoms with Gasteiger partial charge in [0, 0.05) is 6.54 Å². The minimum atomic E-state index is 0.546. The minimum absolute atomic E-state index is 0.546. The van der Waals surface area contributed by atoms with Gasteiger partial charge in [-0.2, -0.15) is 0 Å². The van der Waals surface area contributed by atoms with Gasteiger partial charge in [-0.1, -0.05) is 51.1 Å². The van der Waals surface area contributed by atoms with E-state index in [9.17, 15) is 0 Å². The van der Waals surface area contributed by atoms with E-state index < -0.39 is 0 Å². The van der Waals surface area contributed by atoms with Gasteiger partial charge in [-0.25, -0.2) is 0 Å². The Hall–Kier alpha value is -1.12. The summed E-state index contributed by atoms with van der Waals surface area (Å²) in [7, 11) is 0. The van der Waals surface area contributed by atoms with E-state index in [0.717, 1.165) is 26.1 Å². The Balaban J connectivity index is 2.35. The molecule has 1 atom stereocenters. The second kappa shape index (κ2) is 9.73. The number of rotatable bonds is 10. The molecule has 1 aromatic carbocycles. The number of hydrogen-bond donors (Lipinski definition) is 1. The third-order valence-electron chi connectivity index (χ3n) is 3.29. The molecule has 0 aromatic heterocycles. The SMILES string of the molecule is C=CCCOCc1ccc(C(C)CNCC(C)C)cc1. The van der Waals surface area contributed by atoms with E-state index >= 15 is 0 Å². The molecule has 0 radical (unpaired) electrons. The zero-order valence-electron chi connectivity index (χ0n) is 13.2. The largest absolute Gasteiger partial charge is 0.376 e. The third kappa shape index (κ3) is 6.88. The Morgan fingerprint density at radius 1 is 1.15 bits per heavy atom. The second-order valence-electron chi connectivity index (χ2n) is 5.82. The molecule has 112 valence electrons. The van der Waals surface area contributed by atoms with Crippen LogP contribution in [0.25, 0.3) is 0 Å². The Morgan fingerprint density at radius 3 is 2.45 bits per heavy atom. The van der Waals surface area contributed by atoms with Gasteiger partial charge in [-0.3, -0.25) is 0 Å². The number of ether oxygens (including phenoxy) is 1. The third-order valence-corrected chi connectivity index (χ3v) is 3.29. The monoisotopic (exact) mass is 275 g/mol. The van der Waals surface area contributed by atoms with Gasteiger partial charge in [-0.05, 0) is 35.9 Å². The van der Waals surface area contributed by atoms with Gasteiger partial charge in [0.25, 0.3) is 0 Å². The Kier molecular flexibility index (Phi) is 8.24. The van der Waals surface area contributed by atoms with Gasteiger partial charge in [0.15, 0.2) is 0 Å². The van der Waals surface area contributed by atoms with Gasteiger partial charge in [0.1, 0.15) is 0 Å². The quantitative estimate of drug-likeness (QED) is 0.512. The van der Waals surface area contributed by atoms with Crippen LogP contribution in [0.3, 0.4) is 0 Å². The maximum Gasteiger partial charge on any atom is 0.0717 e. The lowest BCUT2D eigenvalue weighted by atomic mass is 10.00. The van der Waals surface area contributed by atoms with Crippen molar-refractivity contribution in [3.05, 3.63) is 48.0 Å². The van der Waals surface area contributed by atoms with E-state index in [-0.39, 0.29) is 0 Å². The number of hydrogen-bond acceptors (Lipinski definition) is 2. The summed E-state index contributed by atoms with van der Waals surface area (Å²) in [5, 5.41) is 3.51. The van der Waals surface area contributed by atoms with Crippen molar-refractivity contribution in [1.29, 1.82) is 0 Å². The second-order valence-corrected chi connectivity index (χ2v) is 5.82. The smallest absolute Gasteiger partial charge is 0.0717 e. The molecule has 0 saturated carbocycles. The molecule has 0 bridgehead atoms.